The van der Waals surface area contributed by atoms with E-state index < -0.39 is 0 Å². The van der Waals surface area contributed by atoms with Crippen LogP contribution in [-0.2, 0) is 4.79 Å². The molecule has 0 unspecified atom stereocenters. The van der Waals surface area contributed by atoms with E-state index in [9.17, 15) is 4.79 Å². The molecular weight excluding hydrogens is 254 g/mol. The maximum atomic E-state index is 11.6. The van der Waals surface area contributed by atoms with Crippen molar-refractivity contribution < 1.29 is 9.53 Å². The van der Waals surface area contributed by atoms with Gasteiger partial charge >= 0.3 is 0 Å². The second-order valence-electron chi connectivity index (χ2n) is 4.91. The summed E-state index contributed by atoms with van der Waals surface area (Å²) in [5.41, 5.74) is 9.45. The summed E-state index contributed by atoms with van der Waals surface area (Å²) in [5, 5.41) is 5.40. The monoisotopic (exact) mass is 267 g/mol. The first kappa shape index (κ1) is 12.5. The van der Waals surface area contributed by atoms with Crippen molar-refractivity contribution in [3.8, 4) is 5.75 Å². The van der Waals surface area contributed by atoms with Crippen molar-refractivity contribution in [1.82, 2.24) is 0 Å². The number of amides is 1. The van der Waals surface area contributed by atoms with Gasteiger partial charge in [-0.15, -0.1) is 0 Å². The molecule has 2 atom stereocenters. The van der Waals surface area contributed by atoms with Crippen LogP contribution in [0, 0.1) is 5.92 Å². The molecule has 1 aliphatic rings. The van der Waals surface area contributed by atoms with Gasteiger partial charge in [0.05, 0.1) is 7.11 Å². The molecule has 100 valence electrons. The number of fused-ring (bicyclic) bond motifs is 1. The lowest BCUT2D eigenvalue weighted by Crippen LogP contribution is -1.97. The fourth-order valence-electron chi connectivity index (χ4n) is 2.66. The first-order chi connectivity index (χ1) is 9.74. The second-order valence-corrected chi connectivity index (χ2v) is 4.91. The van der Waals surface area contributed by atoms with Crippen molar-refractivity contribution in [2.75, 3.05) is 7.11 Å². The van der Waals surface area contributed by atoms with Crippen LogP contribution in [0.2, 0.25) is 0 Å². The lowest BCUT2D eigenvalue weighted by atomic mass is 10.00. The van der Waals surface area contributed by atoms with E-state index in [4.69, 9.17) is 10.3 Å². The molecule has 0 N–H and O–H groups in total. The number of ether oxygens (including phenoxy) is 1. The van der Waals surface area contributed by atoms with Gasteiger partial charge in [-0.3, -0.25) is 4.79 Å². The zero-order valence-electron chi connectivity index (χ0n) is 11.0. The normalized spacial score (nSPS) is 20.2. The molecule has 1 fully saturated rings. The third kappa shape index (κ3) is 2.08. The van der Waals surface area contributed by atoms with Crippen molar-refractivity contribution in [1.29, 1.82) is 0 Å². The van der Waals surface area contributed by atoms with Crippen LogP contribution in [0.5, 0.6) is 5.75 Å². The summed E-state index contributed by atoms with van der Waals surface area (Å²) < 4.78 is 5.26. The van der Waals surface area contributed by atoms with Crippen LogP contribution in [-0.4, -0.2) is 13.0 Å². The summed E-state index contributed by atoms with van der Waals surface area (Å²) in [6.45, 7) is 0. The van der Waals surface area contributed by atoms with Crippen molar-refractivity contribution in [3.63, 3.8) is 0 Å². The molecule has 0 aromatic heterocycles. The zero-order chi connectivity index (χ0) is 14.1. The predicted molar refractivity (Wildman–Crippen MR) is 75.5 cm³/mol. The maximum absolute atomic E-state index is 11.6. The summed E-state index contributed by atoms with van der Waals surface area (Å²) in [5.74, 6) is 0.396. The quantitative estimate of drug-likeness (QED) is 0.482. The molecule has 0 saturated heterocycles. The Balaban J connectivity index is 2.00. The summed E-state index contributed by atoms with van der Waals surface area (Å²) in [6, 6.07) is 11.9. The standard InChI is InChI=1S/C15H13N3O2/c1-20-10-6-5-9-3-2-4-11(12(9)7-10)13-8-14(13)15(19)17-18-16/h2-7,13-14H,8H2,1H3/t13-,14+/m0/s1. The second kappa shape index (κ2) is 4.87. The molecule has 0 bridgehead atoms. The largest absolute Gasteiger partial charge is 0.497 e. The molecule has 2 aromatic rings. The van der Waals surface area contributed by atoms with Crippen molar-refractivity contribution in [2.45, 2.75) is 12.3 Å². The average molecular weight is 267 g/mol. The number of carbonyl (C=O) groups excluding carboxylic acids is 1. The van der Waals surface area contributed by atoms with Gasteiger partial charge < -0.3 is 4.74 Å². The number of azide groups is 1. The molecule has 5 nitrogen and oxygen atoms in total. The van der Waals surface area contributed by atoms with Crippen LogP contribution >= 0.6 is 0 Å². The lowest BCUT2D eigenvalue weighted by molar-refractivity contribution is -0.119. The Morgan fingerprint density at radius 2 is 2.25 bits per heavy atom. The highest BCUT2D eigenvalue weighted by atomic mass is 16.5. The predicted octanol–water partition coefficient (Wildman–Crippen LogP) is 3.79. The van der Waals surface area contributed by atoms with E-state index in [1.165, 1.54) is 0 Å². The van der Waals surface area contributed by atoms with Crippen LogP contribution in [0.4, 0.5) is 0 Å². The Bertz CT molecular complexity index is 735. The molecule has 3 rings (SSSR count). The van der Waals surface area contributed by atoms with E-state index in [2.05, 4.69) is 10.0 Å². The average Bonchev–Trinajstić information content (AvgIpc) is 3.26. The molecule has 1 amide bonds. The third-order valence-electron chi connectivity index (χ3n) is 3.77. The molecule has 0 radical (unpaired) electrons. The lowest BCUT2D eigenvalue weighted by Gasteiger charge is -2.07. The summed E-state index contributed by atoms with van der Waals surface area (Å²) in [4.78, 5) is 14.2. The van der Waals surface area contributed by atoms with Gasteiger partial charge in [0.25, 0.3) is 0 Å². The molecule has 0 spiro atoms. The van der Waals surface area contributed by atoms with Gasteiger partial charge in [0.1, 0.15) is 5.75 Å². The zero-order valence-corrected chi connectivity index (χ0v) is 11.0. The number of nitrogens with zero attached hydrogens (tertiary/aromatic N) is 3. The summed E-state index contributed by atoms with van der Waals surface area (Å²) >= 11 is 0. The summed E-state index contributed by atoms with van der Waals surface area (Å²) in [7, 11) is 1.63. The minimum absolute atomic E-state index is 0.142. The minimum Gasteiger partial charge on any atom is -0.497 e. The molecular formula is C15H13N3O2. The molecule has 20 heavy (non-hydrogen) atoms. The van der Waals surface area contributed by atoms with Crippen LogP contribution in [0.3, 0.4) is 0 Å². The van der Waals surface area contributed by atoms with Gasteiger partial charge in [-0.05, 0) is 51.5 Å². The first-order valence-electron chi connectivity index (χ1n) is 6.40. The van der Waals surface area contributed by atoms with Gasteiger partial charge in [0, 0.05) is 10.8 Å². The number of hydrogen-bond donors (Lipinski definition) is 0. The highest BCUT2D eigenvalue weighted by Gasteiger charge is 2.43. The molecule has 0 aliphatic heterocycles. The molecule has 1 saturated carbocycles. The van der Waals surface area contributed by atoms with Crippen LogP contribution < -0.4 is 4.74 Å². The van der Waals surface area contributed by atoms with E-state index in [0.717, 1.165) is 28.5 Å². The van der Waals surface area contributed by atoms with Crippen LogP contribution in [0.25, 0.3) is 21.2 Å². The number of methoxy groups -OCH3 is 1. The molecule has 1 aliphatic carbocycles. The molecule has 0 heterocycles. The van der Waals surface area contributed by atoms with Crippen molar-refractivity contribution in [2.24, 2.45) is 11.0 Å². The Morgan fingerprint density at radius 3 is 3.00 bits per heavy atom. The van der Waals surface area contributed by atoms with Gasteiger partial charge in [-0.25, -0.2) is 0 Å². The van der Waals surface area contributed by atoms with E-state index >= 15 is 0 Å². The smallest absolute Gasteiger partial charge is 0.222 e. The van der Waals surface area contributed by atoms with E-state index in [1.54, 1.807) is 7.11 Å². The highest BCUT2D eigenvalue weighted by Crippen LogP contribution is 2.50. The first-order valence-corrected chi connectivity index (χ1v) is 6.40. The van der Waals surface area contributed by atoms with Crippen LogP contribution in [0.1, 0.15) is 17.9 Å². The van der Waals surface area contributed by atoms with Crippen LogP contribution in [0.15, 0.2) is 41.5 Å². The van der Waals surface area contributed by atoms with Gasteiger partial charge in [0.2, 0.25) is 5.91 Å². The van der Waals surface area contributed by atoms with Gasteiger partial charge in [-0.2, -0.15) is 0 Å². The fraction of sp³-hybridized carbons (Fsp3) is 0.267. The summed E-state index contributed by atoms with van der Waals surface area (Å²) in [6.07, 6.45) is 0.744. The number of rotatable bonds is 3. The Hall–Kier alpha value is -2.52. The Labute approximate surface area is 115 Å². The highest BCUT2D eigenvalue weighted by molar-refractivity contribution is 5.90. The maximum Gasteiger partial charge on any atom is 0.222 e. The Morgan fingerprint density at radius 1 is 1.40 bits per heavy atom. The van der Waals surface area contributed by atoms with Gasteiger partial charge in [-0.1, -0.05) is 24.3 Å². The minimum atomic E-state index is -0.364. The van der Waals surface area contributed by atoms with E-state index in [-0.39, 0.29) is 17.7 Å². The van der Waals surface area contributed by atoms with Crippen molar-refractivity contribution in [3.05, 3.63) is 52.4 Å². The van der Waals surface area contributed by atoms with Gasteiger partial charge in [0.15, 0.2) is 0 Å². The molecule has 2 aromatic carbocycles. The Kier molecular flexibility index (Phi) is 3.05. The third-order valence-corrected chi connectivity index (χ3v) is 3.77. The number of hydrogen-bond acceptors (Lipinski definition) is 2. The number of benzene rings is 2. The van der Waals surface area contributed by atoms with E-state index in [0.29, 0.717) is 0 Å². The number of carbonyl (C=O) groups is 1. The van der Waals surface area contributed by atoms with Crippen molar-refractivity contribution >= 4 is 16.7 Å². The SMILES string of the molecule is COc1ccc2cccc([C@@H]3C[C@H]3C(=O)N=[N+]=[N-])c2c1. The molecule has 5 heteroatoms. The topological polar surface area (TPSA) is 75.1 Å². The van der Waals surface area contributed by atoms with E-state index in [1.807, 2.05) is 36.4 Å². The fourth-order valence-corrected chi connectivity index (χ4v) is 2.66.